The van der Waals surface area contributed by atoms with Crippen LogP contribution in [0.5, 0.6) is 0 Å². The van der Waals surface area contributed by atoms with Gasteiger partial charge in [0.2, 0.25) is 0 Å². The Morgan fingerprint density at radius 3 is 2.57 bits per heavy atom. The molecule has 130 valence electrons. The van der Waals surface area contributed by atoms with Crippen molar-refractivity contribution in [3.63, 3.8) is 0 Å². The molecule has 5 heteroatoms. The number of carbonyl (C=O) groups excluding carboxylic acids is 2. The fourth-order valence-electron chi connectivity index (χ4n) is 3.09. The molecular weight excluding hydrogens is 310 g/mol. The molecule has 0 saturated heterocycles. The summed E-state index contributed by atoms with van der Waals surface area (Å²) in [6, 6.07) is 0. The second kappa shape index (κ2) is 10.6. The molecule has 0 aromatic rings. The first-order valence-corrected chi connectivity index (χ1v) is 9.54. The van der Waals surface area contributed by atoms with Crippen LogP contribution >= 0.6 is 11.8 Å². The van der Waals surface area contributed by atoms with Gasteiger partial charge < -0.3 is 4.84 Å². The van der Waals surface area contributed by atoms with Crippen molar-refractivity contribution in [2.24, 2.45) is 17.0 Å². The number of hydrogen-bond donors (Lipinski definition) is 0. The smallest absolute Gasteiger partial charge is 0.149 e. The van der Waals surface area contributed by atoms with Crippen LogP contribution in [-0.2, 0) is 14.4 Å². The second-order valence-electron chi connectivity index (χ2n) is 6.06. The molecule has 0 aromatic carbocycles. The maximum Gasteiger partial charge on any atom is 0.149 e. The summed E-state index contributed by atoms with van der Waals surface area (Å²) >= 11 is 1.88. The molecule has 0 bridgehead atoms. The van der Waals surface area contributed by atoms with Crippen LogP contribution in [0.15, 0.2) is 17.8 Å². The van der Waals surface area contributed by atoms with Crippen molar-refractivity contribution in [3.8, 4) is 0 Å². The van der Waals surface area contributed by atoms with Crippen molar-refractivity contribution >= 4 is 29.0 Å². The van der Waals surface area contributed by atoms with Gasteiger partial charge >= 0.3 is 0 Å². The highest BCUT2D eigenvalue weighted by atomic mass is 32.2. The SMILES string of the molecule is C=CCO/N=C(\CCC)C1C(=O)CC(CC(C)SCC)CC1=O. The Morgan fingerprint density at radius 1 is 1.39 bits per heavy atom. The Labute approximate surface area is 144 Å². The van der Waals surface area contributed by atoms with Crippen molar-refractivity contribution < 1.29 is 14.4 Å². The highest BCUT2D eigenvalue weighted by Gasteiger charge is 2.38. The lowest BCUT2D eigenvalue weighted by atomic mass is 9.75. The zero-order chi connectivity index (χ0) is 17.2. The van der Waals surface area contributed by atoms with Gasteiger partial charge in [-0.05, 0) is 24.5 Å². The lowest BCUT2D eigenvalue weighted by molar-refractivity contribution is -0.134. The normalized spacial score (nSPS) is 23.7. The Morgan fingerprint density at radius 2 is 2.04 bits per heavy atom. The van der Waals surface area contributed by atoms with E-state index in [1.807, 2.05) is 18.7 Å². The van der Waals surface area contributed by atoms with Crippen molar-refractivity contribution in [1.82, 2.24) is 0 Å². The number of ketones is 2. The summed E-state index contributed by atoms with van der Waals surface area (Å²) in [6.07, 6.45) is 4.94. The number of oxime groups is 1. The molecule has 4 nitrogen and oxygen atoms in total. The Kier molecular flexibility index (Phi) is 9.22. The van der Waals surface area contributed by atoms with E-state index in [4.69, 9.17) is 4.84 Å². The van der Waals surface area contributed by atoms with Crippen LogP contribution < -0.4 is 0 Å². The number of rotatable bonds is 10. The first-order valence-electron chi connectivity index (χ1n) is 8.50. The summed E-state index contributed by atoms with van der Waals surface area (Å²) in [5.74, 6) is 0.568. The number of carbonyl (C=O) groups is 2. The number of hydrogen-bond acceptors (Lipinski definition) is 5. The number of thioether (sulfide) groups is 1. The van der Waals surface area contributed by atoms with E-state index in [-0.39, 0.29) is 24.1 Å². The van der Waals surface area contributed by atoms with Crippen LogP contribution in [0.3, 0.4) is 0 Å². The van der Waals surface area contributed by atoms with Crippen molar-refractivity contribution in [2.45, 2.75) is 58.1 Å². The maximum atomic E-state index is 12.5. The zero-order valence-corrected chi connectivity index (χ0v) is 15.4. The molecule has 1 saturated carbocycles. The van der Waals surface area contributed by atoms with E-state index in [2.05, 4.69) is 25.6 Å². The molecular formula is C18H29NO3S. The lowest BCUT2D eigenvalue weighted by Gasteiger charge is -2.28. The molecule has 1 aliphatic rings. The first kappa shape index (κ1) is 19.9. The maximum absolute atomic E-state index is 12.5. The summed E-state index contributed by atoms with van der Waals surface area (Å²) < 4.78 is 0. The number of Topliss-reactive ketones (excluding diaryl/α,β-unsaturated/α-hetero) is 2. The van der Waals surface area contributed by atoms with Gasteiger partial charge in [-0.1, -0.05) is 45.0 Å². The summed E-state index contributed by atoms with van der Waals surface area (Å²) in [6.45, 7) is 10.2. The van der Waals surface area contributed by atoms with Crippen LogP contribution in [0.2, 0.25) is 0 Å². The second-order valence-corrected chi connectivity index (χ2v) is 7.77. The Balaban J connectivity index is 2.74. The van der Waals surface area contributed by atoms with E-state index in [1.54, 1.807) is 6.08 Å². The molecule has 1 fully saturated rings. The van der Waals surface area contributed by atoms with Gasteiger partial charge in [0, 0.05) is 18.1 Å². The molecule has 1 aliphatic carbocycles. The molecule has 0 spiro atoms. The topological polar surface area (TPSA) is 55.7 Å². The molecule has 1 atom stereocenters. The molecule has 0 radical (unpaired) electrons. The van der Waals surface area contributed by atoms with Gasteiger partial charge in [-0.3, -0.25) is 9.59 Å². The first-order chi connectivity index (χ1) is 11.0. The van der Waals surface area contributed by atoms with Crippen LogP contribution in [0.1, 0.15) is 52.9 Å². The standard InChI is InChI=1S/C18H29NO3S/c1-5-8-15(19-22-9-6-2)18-16(20)11-14(12-17(18)21)10-13(4)23-7-3/h6,13-14,18H,2,5,7-12H2,1,3-4H3/b19-15+. The van der Waals surface area contributed by atoms with Gasteiger partial charge in [0.05, 0.1) is 5.71 Å². The van der Waals surface area contributed by atoms with Crippen LogP contribution in [0.4, 0.5) is 0 Å². The zero-order valence-electron chi connectivity index (χ0n) is 14.5. The van der Waals surface area contributed by atoms with E-state index in [0.29, 0.717) is 30.2 Å². The summed E-state index contributed by atoms with van der Waals surface area (Å²) in [7, 11) is 0. The van der Waals surface area contributed by atoms with Crippen LogP contribution in [0.25, 0.3) is 0 Å². The monoisotopic (exact) mass is 339 g/mol. The number of nitrogens with zero attached hydrogens (tertiary/aromatic N) is 1. The fourth-order valence-corrected chi connectivity index (χ4v) is 4.07. The molecule has 0 amide bonds. The van der Waals surface area contributed by atoms with E-state index in [9.17, 15) is 9.59 Å². The van der Waals surface area contributed by atoms with Crippen molar-refractivity contribution in [2.75, 3.05) is 12.4 Å². The third kappa shape index (κ3) is 6.50. The van der Waals surface area contributed by atoms with Gasteiger partial charge in [-0.15, -0.1) is 0 Å². The van der Waals surface area contributed by atoms with Gasteiger partial charge in [-0.2, -0.15) is 11.8 Å². The minimum Gasteiger partial charge on any atom is -0.392 e. The molecule has 0 aromatic heterocycles. The Hall–Kier alpha value is -1.10. The van der Waals surface area contributed by atoms with Gasteiger partial charge in [0.25, 0.3) is 0 Å². The summed E-state index contributed by atoms with van der Waals surface area (Å²) in [4.78, 5) is 30.2. The van der Waals surface area contributed by atoms with Crippen LogP contribution in [-0.4, -0.2) is 34.9 Å². The van der Waals surface area contributed by atoms with Crippen molar-refractivity contribution in [3.05, 3.63) is 12.7 Å². The minimum atomic E-state index is -0.690. The molecule has 0 N–H and O–H groups in total. The average molecular weight is 340 g/mol. The average Bonchev–Trinajstić information content (AvgIpc) is 2.47. The predicted molar refractivity (Wildman–Crippen MR) is 96.9 cm³/mol. The highest BCUT2D eigenvalue weighted by Crippen LogP contribution is 2.31. The van der Waals surface area contributed by atoms with Crippen LogP contribution in [0, 0.1) is 11.8 Å². The van der Waals surface area contributed by atoms with Crippen molar-refractivity contribution in [1.29, 1.82) is 0 Å². The third-order valence-electron chi connectivity index (χ3n) is 3.95. The van der Waals surface area contributed by atoms with Gasteiger partial charge in [0.15, 0.2) is 0 Å². The van der Waals surface area contributed by atoms with E-state index < -0.39 is 5.92 Å². The lowest BCUT2D eigenvalue weighted by Crippen LogP contribution is -2.39. The van der Waals surface area contributed by atoms with Gasteiger partial charge in [0.1, 0.15) is 24.1 Å². The summed E-state index contributed by atoms with van der Waals surface area (Å²) in [5, 5.41) is 4.53. The van der Waals surface area contributed by atoms with E-state index in [1.165, 1.54) is 0 Å². The molecule has 1 rings (SSSR count). The largest absolute Gasteiger partial charge is 0.392 e. The van der Waals surface area contributed by atoms with Gasteiger partial charge in [-0.25, -0.2) is 0 Å². The minimum absolute atomic E-state index is 0.00866. The molecule has 0 heterocycles. The molecule has 23 heavy (non-hydrogen) atoms. The summed E-state index contributed by atoms with van der Waals surface area (Å²) in [5.41, 5.74) is 0.582. The highest BCUT2D eigenvalue weighted by molar-refractivity contribution is 7.99. The Bertz CT molecular complexity index is 430. The van der Waals surface area contributed by atoms with E-state index >= 15 is 0 Å². The molecule has 1 unspecified atom stereocenters. The third-order valence-corrected chi connectivity index (χ3v) is 5.05. The quantitative estimate of drug-likeness (QED) is 0.198. The van der Waals surface area contributed by atoms with E-state index in [0.717, 1.165) is 18.6 Å². The molecule has 0 aliphatic heterocycles. The fraction of sp³-hybridized carbons (Fsp3) is 0.722. The predicted octanol–water partition coefficient (Wildman–Crippen LogP) is 4.04.